The molecule has 0 spiro atoms. The number of hydrogen-bond acceptors (Lipinski definition) is 3. The van der Waals surface area contributed by atoms with Crippen molar-refractivity contribution >= 4 is 0 Å². The second-order valence-electron chi connectivity index (χ2n) is 4.56. The van der Waals surface area contributed by atoms with Gasteiger partial charge in [0, 0.05) is 19.2 Å². The maximum absolute atomic E-state index is 4.60. The van der Waals surface area contributed by atoms with E-state index in [9.17, 15) is 0 Å². The second-order valence-corrected chi connectivity index (χ2v) is 4.56. The summed E-state index contributed by atoms with van der Waals surface area (Å²) in [6.07, 6.45) is 6.74. The van der Waals surface area contributed by atoms with Crippen LogP contribution in [0.4, 0.5) is 0 Å². The molecule has 0 radical (unpaired) electrons. The van der Waals surface area contributed by atoms with Gasteiger partial charge in [-0.1, -0.05) is 5.21 Å². The standard InChI is InChI=1S/C12H17N5/c1-3-17-8-11(13-15-17)12-9-6-4-5-7-10(9)14-16(12)2/h8H,3-7H2,1-2H3. The van der Waals surface area contributed by atoms with E-state index in [4.69, 9.17) is 0 Å². The highest BCUT2D eigenvalue weighted by atomic mass is 15.4. The third-order valence-corrected chi connectivity index (χ3v) is 3.42. The minimum atomic E-state index is 0.854. The van der Waals surface area contributed by atoms with Gasteiger partial charge in [-0.05, 0) is 32.6 Å². The summed E-state index contributed by atoms with van der Waals surface area (Å²) in [5.41, 5.74) is 4.73. The first-order valence-electron chi connectivity index (χ1n) is 6.25. The number of nitrogens with zero attached hydrogens (tertiary/aromatic N) is 5. The summed E-state index contributed by atoms with van der Waals surface area (Å²) in [5, 5.41) is 13.0. The summed E-state index contributed by atoms with van der Waals surface area (Å²) < 4.78 is 3.82. The van der Waals surface area contributed by atoms with Crippen LogP contribution in [0.5, 0.6) is 0 Å². The lowest BCUT2D eigenvalue weighted by molar-refractivity contribution is 0.627. The molecule has 1 aliphatic carbocycles. The van der Waals surface area contributed by atoms with E-state index >= 15 is 0 Å². The Kier molecular flexibility index (Phi) is 2.46. The first kappa shape index (κ1) is 10.5. The molecule has 17 heavy (non-hydrogen) atoms. The molecule has 0 amide bonds. The average molecular weight is 231 g/mol. The number of hydrogen-bond donors (Lipinski definition) is 0. The Morgan fingerprint density at radius 2 is 2.12 bits per heavy atom. The highest BCUT2D eigenvalue weighted by Gasteiger charge is 2.21. The Hall–Kier alpha value is -1.65. The largest absolute Gasteiger partial charge is 0.266 e. The van der Waals surface area contributed by atoms with Crippen LogP contribution in [-0.4, -0.2) is 24.8 Å². The van der Waals surface area contributed by atoms with Crippen LogP contribution in [0.3, 0.4) is 0 Å². The third kappa shape index (κ3) is 1.66. The van der Waals surface area contributed by atoms with Gasteiger partial charge in [-0.25, -0.2) is 0 Å². The van der Waals surface area contributed by atoms with Crippen molar-refractivity contribution in [1.82, 2.24) is 24.8 Å². The normalized spacial score (nSPS) is 14.9. The van der Waals surface area contributed by atoms with Crippen molar-refractivity contribution in [3.63, 3.8) is 0 Å². The summed E-state index contributed by atoms with van der Waals surface area (Å²) in [5.74, 6) is 0. The molecule has 2 aromatic heterocycles. The van der Waals surface area contributed by atoms with E-state index < -0.39 is 0 Å². The van der Waals surface area contributed by atoms with E-state index in [0.29, 0.717) is 0 Å². The Morgan fingerprint density at radius 3 is 2.88 bits per heavy atom. The van der Waals surface area contributed by atoms with Crippen LogP contribution >= 0.6 is 0 Å². The van der Waals surface area contributed by atoms with Gasteiger partial charge < -0.3 is 0 Å². The highest BCUT2D eigenvalue weighted by molar-refractivity contribution is 5.60. The first-order chi connectivity index (χ1) is 8.29. The molecule has 0 saturated carbocycles. The van der Waals surface area contributed by atoms with Crippen molar-refractivity contribution in [3.05, 3.63) is 17.5 Å². The zero-order valence-corrected chi connectivity index (χ0v) is 10.3. The molecule has 5 heteroatoms. The Bertz CT molecular complexity index is 537. The van der Waals surface area contributed by atoms with Crippen LogP contribution in [0.15, 0.2) is 6.20 Å². The molecular formula is C12H17N5. The van der Waals surface area contributed by atoms with Crippen molar-refractivity contribution < 1.29 is 0 Å². The Labute approximate surface area is 100 Å². The lowest BCUT2D eigenvalue weighted by atomic mass is 9.95. The molecule has 0 N–H and O–H groups in total. The van der Waals surface area contributed by atoms with Crippen LogP contribution in [0.2, 0.25) is 0 Å². The molecule has 90 valence electrons. The van der Waals surface area contributed by atoms with E-state index in [2.05, 4.69) is 22.3 Å². The van der Waals surface area contributed by atoms with Crippen molar-refractivity contribution in [1.29, 1.82) is 0 Å². The Morgan fingerprint density at radius 1 is 1.29 bits per heavy atom. The van der Waals surface area contributed by atoms with Crippen molar-refractivity contribution in [3.8, 4) is 11.4 Å². The highest BCUT2D eigenvalue weighted by Crippen LogP contribution is 2.29. The van der Waals surface area contributed by atoms with Crippen molar-refractivity contribution in [2.24, 2.45) is 7.05 Å². The average Bonchev–Trinajstić information content (AvgIpc) is 2.91. The minimum absolute atomic E-state index is 0.854. The van der Waals surface area contributed by atoms with Gasteiger partial charge in [0.1, 0.15) is 5.69 Å². The predicted octanol–water partition coefficient (Wildman–Crippen LogP) is 1.58. The fraction of sp³-hybridized carbons (Fsp3) is 0.583. The van der Waals surface area contributed by atoms with Crippen LogP contribution in [0.1, 0.15) is 31.0 Å². The molecule has 1 aliphatic rings. The molecular weight excluding hydrogens is 214 g/mol. The summed E-state index contributed by atoms with van der Waals surface area (Å²) in [6, 6.07) is 0. The fourth-order valence-electron chi connectivity index (χ4n) is 2.56. The number of rotatable bonds is 2. The summed E-state index contributed by atoms with van der Waals surface area (Å²) in [6.45, 7) is 2.92. The first-order valence-corrected chi connectivity index (χ1v) is 6.25. The summed E-state index contributed by atoms with van der Waals surface area (Å²) in [4.78, 5) is 0. The van der Waals surface area contributed by atoms with E-state index in [1.54, 1.807) is 0 Å². The maximum atomic E-state index is 4.60. The van der Waals surface area contributed by atoms with Gasteiger partial charge >= 0.3 is 0 Å². The molecule has 2 aromatic rings. The monoisotopic (exact) mass is 231 g/mol. The summed E-state index contributed by atoms with van der Waals surface area (Å²) >= 11 is 0. The van der Waals surface area contributed by atoms with E-state index in [1.165, 1.54) is 24.1 Å². The molecule has 0 aromatic carbocycles. The zero-order valence-electron chi connectivity index (χ0n) is 10.3. The van der Waals surface area contributed by atoms with Crippen LogP contribution in [-0.2, 0) is 26.4 Å². The quantitative estimate of drug-likeness (QED) is 0.788. The predicted molar refractivity (Wildman–Crippen MR) is 64.5 cm³/mol. The molecule has 0 unspecified atom stereocenters. The van der Waals surface area contributed by atoms with Gasteiger partial charge in [0.05, 0.1) is 17.6 Å². The molecule has 0 bridgehead atoms. The van der Waals surface area contributed by atoms with Crippen LogP contribution in [0, 0.1) is 0 Å². The van der Waals surface area contributed by atoms with Crippen molar-refractivity contribution in [2.75, 3.05) is 0 Å². The molecule has 2 heterocycles. The SMILES string of the molecule is CCn1cc(-c2c3c(nn2C)CCCC3)nn1. The Balaban J connectivity index is 2.10. The lowest BCUT2D eigenvalue weighted by Gasteiger charge is -2.09. The maximum Gasteiger partial charge on any atom is 0.131 e. The van der Waals surface area contributed by atoms with E-state index in [-0.39, 0.29) is 0 Å². The third-order valence-electron chi connectivity index (χ3n) is 3.42. The number of aryl methyl sites for hydroxylation is 3. The van der Waals surface area contributed by atoms with Gasteiger partial charge in [0.25, 0.3) is 0 Å². The van der Waals surface area contributed by atoms with Crippen LogP contribution < -0.4 is 0 Å². The zero-order chi connectivity index (χ0) is 11.8. The van der Waals surface area contributed by atoms with Gasteiger partial charge in [-0.3, -0.25) is 9.36 Å². The smallest absolute Gasteiger partial charge is 0.131 e. The van der Waals surface area contributed by atoms with Crippen molar-refractivity contribution in [2.45, 2.75) is 39.2 Å². The van der Waals surface area contributed by atoms with Gasteiger partial charge in [0.15, 0.2) is 0 Å². The molecule has 5 nitrogen and oxygen atoms in total. The number of aromatic nitrogens is 5. The minimum Gasteiger partial charge on any atom is -0.266 e. The van der Waals surface area contributed by atoms with Gasteiger partial charge in [-0.15, -0.1) is 5.10 Å². The fourth-order valence-corrected chi connectivity index (χ4v) is 2.56. The second kappa shape index (κ2) is 3.98. The molecule has 3 rings (SSSR count). The lowest BCUT2D eigenvalue weighted by Crippen LogP contribution is -2.01. The van der Waals surface area contributed by atoms with Crippen LogP contribution in [0.25, 0.3) is 11.4 Å². The van der Waals surface area contributed by atoms with Gasteiger partial charge in [-0.2, -0.15) is 5.10 Å². The summed E-state index contributed by atoms with van der Waals surface area (Å²) in [7, 11) is 2.00. The molecule has 0 aliphatic heterocycles. The van der Waals surface area contributed by atoms with E-state index in [1.807, 2.05) is 22.6 Å². The molecule has 0 atom stereocenters. The topological polar surface area (TPSA) is 48.5 Å². The molecule has 0 fully saturated rings. The van der Waals surface area contributed by atoms with Gasteiger partial charge in [0.2, 0.25) is 0 Å². The number of fused-ring (bicyclic) bond motifs is 1. The van der Waals surface area contributed by atoms with E-state index in [0.717, 1.165) is 30.8 Å². The molecule has 0 saturated heterocycles.